The molecule has 0 amide bonds. The maximum absolute atomic E-state index is 12.3. The molecular formula is C11H19F3N2OSi. The van der Waals surface area contributed by atoms with Gasteiger partial charge in [0.25, 0.3) is 0 Å². The molecule has 0 fully saturated rings. The number of ether oxygens (including phenoxy) is 1. The molecule has 0 radical (unpaired) electrons. The summed E-state index contributed by atoms with van der Waals surface area (Å²) in [6.45, 7) is 7.39. The molecule has 0 saturated heterocycles. The zero-order chi connectivity index (χ0) is 13.8. The summed E-state index contributed by atoms with van der Waals surface area (Å²) in [6, 6.07) is 0.996. The highest BCUT2D eigenvalue weighted by molar-refractivity contribution is 6.76. The van der Waals surface area contributed by atoms with Crippen molar-refractivity contribution in [3.63, 3.8) is 0 Å². The van der Waals surface area contributed by atoms with Crippen molar-refractivity contribution in [2.75, 3.05) is 6.61 Å². The van der Waals surface area contributed by atoms with Gasteiger partial charge in [-0.05, 0) is 6.04 Å². The molecule has 0 aromatic carbocycles. The fraction of sp³-hybridized carbons (Fsp3) is 0.727. The van der Waals surface area contributed by atoms with Crippen molar-refractivity contribution < 1.29 is 17.9 Å². The van der Waals surface area contributed by atoms with E-state index in [0.29, 0.717) is 6.61 Å². The molecule has 0 atom stereocenters. The molecule has 18 heavy (non-hydrogen) atoms. The van der Waals surface area contributed by atoms with Crippen molar-refractivity contribution in [2.24, 2.45) is 0 Å². The number of halogens is 3. The Morgan fingerprint density at radius 3 is 2.56 bits per heavy atom. The van der Waals surface area contributed by atoms with Crippen LogP contribution in [0.15, 0.2) is 12.4 Å². The van der Waals surface area contributed by atoms with Crippen molar-refractivity contribution in [1.82, 2.24) is 9.55 Å². The number of hydrogen-bond donors (Lipinski definition) is 0. The molecule has 0 aliphatic rings. The van der Waals surface area contributed by atoms with E-state index in [4.69, 9.17) is 4.74 Å². The molecule has 0 aliphatic carbocycles. The Morgan fingerprint density at radius 1 is 1.33 bits per heavy atom. The van der Waals surface area contributed by atoms with Crippen molar-refractivity contribution in [3.8, 4) is 0 Å². The van der Waals surface area contributed by atoms with Gasteiger partial charge in [0, 0.05) is 27.1 Å². The third-order valence-electron chi connectivity index (χ3n) is 2.39. The second-order valence-corrected chi connectivity index (χ2v) is 11.1. The van der Waals surface area contributed by atoms with E-state index < -0.39 is 20.7 Å². The van der Waals surface area contributed by atoms with E-state index in [9.17, 15) is 13.2 Å². The average molecular weight is 280 g/mol. The first kappa shape index (κ1) is 15.2. The summed E-state index contributed by atoms with van der Waals surface area (Å²) in [5.41, 5.74) is 0. The topological polar surface area (TPSA) is 27.1 Å². The van der Waals surface area contributed by atoms with Gasteiger partial charge in [-0.25, -0.2) is 4.98 Å². The number of hydrogen-bond acceptors (Lipinski definition) is 2. The lowest BCUT2D eigenvalue weighted by Gasteiger charge is -2.16. The molecule has 0 unspecified atom stereocenters. The van der Waals surface area contributed by atoms with Crippen LogP contribution >= 0.6 is 0 Å². The summed E-state index contributed by atoms with van der Waals surface area (Å²) in [4.78, 5) is 3.70. The predicted molar refractivity (Wildman–Crippen MR) is 66.1 cm³/mol. The van der Waals surface area contributed by atoms with Gasteiger partial charge >= 0.3 is 6.18 Å². The Bertz CT molecular complexity index is 371. The van der Waals surface area contributed by atoms with Crippen LogP contribution in [0.4, 0.5) is 13.2 Å². The lowest BCUT2D eigenvalue weighted by Crippen LogP contribution is -2.22. The fourth-order valence-electron chi connectivity index (χ4n) is 1.35. The molecule has 1 aromatic rings. The highest BCUT2D eigenvalue weighted by atomic mass is 28.3. The third-order valence-corrected chi connectivity index (χ3v) is 4.09. The minimum absolute atomic E-state index is 0.00416. The second kappa shape index (κ2) is 5.88. The zero-order valence-electron chi connectivity index (χ0n) is 10.9. The van der Waals surface area contributed by atoms with E-state index in [1.165, 1.54) is 17.0 Å². The van der Waals surface area contributed by atoms with Gasteiger partial charge in [0.1, 0.15) is 19.0 Å². The molecule has 0 spiro atoms. The highest BCUT2D eigenvalue weighted by Gasteiger charge is 2.30. The minimum Gasteiger partial charge on any atom is -0.361 e. The van der Waals surface area contributed by atoms with E-state index in [1.807, 2.05) is 0 Å². The molecule has 3 nitrogen and oxygen atoms in total. The summed E-state index contributed by atoms with van der Waals surface area (Å²) in [6.07, 6.45) is -2.38. The zero-order valence-corrected chi connectivity index (χ0v) is 11.9. The summed E-state index contributed by atoms with van der Waals surface area (Å²) in [5.74, 6) is -0.00416. The van der Waals surface area contributed by atoms with Gasteiger partial charge in [0.05, 0.1) is 0 Å². The van der Waals surface area contributed by atoms with E-state index in [1.54, 1.807) is 0 Å². The normalized spacial score (nSPS) is 13.0. The summed E-state index contributed by atoms with van der Waals surface area (Å²) in [7, 11) is -1.16. The first-order valence-corrected chi connectivity index (χ1v) is 9.53. The van der Waals surface area contributed by atoms with E-state index >= 15 is 0 Å². The number of rotatable bonds is 6. The summed E-state index contributed by atoms with van der Waals surface area (Å²) >= 11 is 0. The molecule has 0 aliphatic heterocycles. The lowest BCUT2D eigenvalue weighted by molar-refractivity contribution is -0.129. The van der Waals surface area contributed by atoms with E-state index in [0.717, 1.165) is 6.04 Å². The Balaban J connectivity index is 2.41. The standard InChI is InChI=1S/C11H19F3N2OSi/c1-18(2,3)7-6-17-9-16-5-4-15-10(16)8-11(12,13)14/h4-5H,6-9H2,1-3H3. The number of imidazole rings is 1. The summed E-state index contributed by atoms with van der Waals surface area (Å²) < 4.78 is 43.6. The smallest absolute Gasteiger partial charge is 0.361 e. The highest BCUT2D eigenvalue weighted by Crippen LogP contribution is 2.20. The van der Waals surface area contributed by atoms with E-state index in [-0.39, 0.29) is 12.6 Å². The largest absolute Gasteiger partial charge is 0.396 e. The molecular weight excluding hydrogens is 261 g/mol. The SMILES string of the molecule is C[Si](C)(C)CCOCn1ccnc1CC(F)(F)F. The van der Waals surface area contributed by atoms with Crippen molar-refractivity contribution >= 4 is 8.07 Å². The first-order chi connectivity index (χ1) is 8.17. The molecule has 0 N–H and O–H groups in total. The van der Waals surface area contributed by atoms with Gasteiger partial charge in [-0.3, -0.25) is 0 Å². The Hall–Kier alpha value is -0.823. The van der Waals surface area contributed by atoms with Crippen LogP contribution in [0.2, 0.25) is 25.7 Å². The van der Waals surface area contributed by atoms with Crippen molar-refractivity contribution in [1.29, 1.82) is 0 Å². The van der Waals surface area contributed by atoms with Crippen LogP contribution in [0.5, 0.6) is 0 Å². The molecule has 7 heteroatoms. The fourth-order valence-corrected chi connectivity index (χ4v) is 2.10. The van der Waals surface area contributed by atoms with Gasteiger partial charge < -0.3 is 9.30 Å². The van der Waals surface area contributed by atoms with Crippen LogP contribution in [-0.4, -0.2) is 30.4 Å². The Kier molecular flexibility index (Phi) is 4.98. The molecule has 1 heterocycles. The Labute approximate surface area is 106 Å². The second-order valence-electron chi connectivity index (χ2n) is 5.45. The van der Waals surface area contributed by atoms with Crippen LogP contribution in [0.25, 0.3) is 0 Å². The Morgan fingerprint density at radius 2 is 2.00 bits per heavy atom. The molecule has 0 bridgehead atoms. The molecule has 1 aromatic heterocycles. The van der Waals surface area contributed by atoms with Crippen LogP contribution in [0.1, 0.15) is 5.82 Å². The van der Waals surface area contributed by atoms with Gasteiger partial charge in [0.2, 0.25) is 0 Å². The molecule has 104 valence electrons. The number of nitrogens with zero attached hydrogens (tertiary/aromatic N) is 2. The minimum atomic E-state index is -4.23. The van der Waals surface area contributed by atoms with Gasteiger partial charge in [-0.2, -0.15) is 13.2 Å². The maximum atomic E-state index is 12.3. The predicted octanol–water partition coefficient (Wildman–Crippen LogP) is 3.30. The van der Waals surface area contributed by atoms with E-state index in [2.05, 4.69) is 24.6 Å². The van der Waals surface area contributed by atoms with Gasteiger partial charge in [0.15, 0.2) is 0 Å². The number of aromatic nitrogens is 2. The monoisotopic (exact) mass is 280 g/mol. The van der Waals surface area contributed by atoms with Gasteiger partial charge in [-0.15, -0.1) is 0 Å². The average Bonchev–Trinajstić information content (AvgIpc) is 2.56. The lowest BCUT2D eigenvalue weighted by atomic mass is 10.4. The van der Waals surface area contributed by atoms with Crippen LogP contribution in [-0.2, 0) is 17.9 Å². The quantitative estimate of drug-likeness (QED) is 0.590. The van der Waals surface area contributed by atoms with Gasteiger partial charge in [-0.1, -0.05) is 19.6 Å². The summed E-state index contributed by atoms with van der Waals surface area (Å²) in [5, 5.41) is 0. The first-order valence-electron chi connectivity index (χ1n) is 5.82. The van der Waals surface area contributed by atoms with Crippen LogP contribution < -0.4 is 0 Å². The maximum Gasteiger partial charge on any atom is 0.396 e. The van der Waals surface area contributed by atoms with Crippen LogP contribution in [0, 0.1) is 0 Å². The van der Waals surface area contributed by atoms with Crippen molar-refractivity contribution in [3.05, 3.63) is 18.2 Å². The molecule has 1 rings (SSSR count). The third kappa shape index (κ3) is 6.20. The number of alkyl halides is 3. The van der Waals surface area contributed by atoms with Crippen LogP contribution in [0.3, 0.4) is 0 Å². The molecule has 0 saturated carbocycles. The van der Waals surface area contributed by atoms with Crippen molar-refractivity contribution in [2.45, 2.75) is 45.0 Å².